The summed E-state index contributed by atoms with van der Waals surface area (Å²) in [7, 11) is 0. The molecule has 2 heterocycles. The second-order valence-electron chi connectivity index (χ2n) is 8.33. The highest BCUT2D eigenvalue weighted by molar-refractivity contribution is 5.82. The fourth-order valence-corrected chi connectivity index (χ4v) is 5.12. The van der Waals surface area contributed by atoms with Crippen LogP contribution in [0.15, 0.2) is 42.5 Å². The average molecular weight is 371 g/mol. The third-order valence-electron chi connectivity index (χ3n) is 6.69. The Morgan fingerprint density at radius 1 is 1.00 bits per heavy atom. The van der Waals surface area contributed by atoms with Crippen LogP contribution in [0, 0.1) is 17.2 Å². The molecule has 28 heavy (non-hydrogen) atoms. The van der Waals surface area contributed by atoms with Crippen molar-refractivity contribution in [1.29, 1.82) is 5.26 Å². The van der Waals surface area contributed by atoms with Crippen molar-refractivity contribution in [3.8, 4) is 17.2 Å². The summed E-state index contributed by atoms with van der Waals surface area (Å²) in [6, 6.07) is 17.3. The third kappa shape index (κ3) is 3.00. The van der Waals surface area contributed by atoms with E-state index in [1.54, 1.807) is 0 Å². The zero-order chi connectivity index (χ0) is 19.1. The molecule has 142 valence electrons. The monoisotopic (exact) mass is 370 g/mol. The number of rotatable bonds is 2. The van der Waals surface area contributed by atoms with Gasteiger partial charge in [0.25, 0.3) is 0 Å². The molecule has 1 aromatic heterocycles. The minimum Gasteiger partial charge on any atom is -0.327 e. The zero-order valence-electron chi connectivity index (χ0n) is 16.4. The Morgan fingerprint density at radius 3 is 2.57 bits per heavy atom. The van der Waals surface area contributed by atoms with Crippen LogP contribution in [0.3, 0.4) is 0 Å². The zero-order valence-corrected chi connectivity index (χ0v) is 16.4. The van der Waals surface area contributed by atoms with E-state index in [0.29, 0.717) is 5.56 Å². The maximum atomic E-state index is 8.99. The summed E-state index contributed by atoms with van der Waals surface area (Å²) in [5.41, 5.74) is 5.31. The van der Waals surface area contributed by atoms with Crippen LogP contribution in [-0.4, -0.2) is 33.6 Å². The van der Waals surface area contributed by atoms with Gasteiger partial charge in [0.2, 0.25) is 0 Å². The highest BCUT2D eigenvalue weighted by atomic mass is 15.2. The smallest absolute Gasteiger partial charge is 0.111 e. The van der Waals surface area contributed by atoms with E-state index in [2.05, 4.69) is 40.7 Å². The number of aromatic nitrogens is 2. The van der Waals surface area contributed by atoms with Gasteiger partial charge in [0.15, 0.2) is 0 Å². The molecule has 0 bridgehead atoms. The van der Waals surface area contributed by atoms with Crippen molar-refractivity contribution in [2.24, 2.45) is 5.92 Å². The van der Waals surface area contributed by atoms with E-state index < -0.39 is 0 Å². The molecule has 2 aromatic carbocycles. The second kappa shape index (κ2) is 7.07. The molecule has 0 spiro atoms. The summed E-state index contributed by atoms with van der Waals surface area (Å²) in [5, 5.41) is 8.99. The van der Waals surface area contributed by atoms with Crippen LogP contribution >= 0.6 is 0 Å². The molecule has 2 aliphatic rings. The van der Waals surface area contributed by atoms with E-state index in [1.807, 2.05) is 24.3 Å². The quantitative estimate of drug-likeness (QED) is 0.661. The first kappa shape index (κ1) is 17.5. The molecule has 0 N–H and O–H groups in total. The molecular formula is C24H26N4. The predicted octanol–water partition coefficient (Wildman–Crippen LogP) is 4.62. The molecule has 3 aromatic rings. The fourth-order valence-electron chi connectivity index (χ4n) is 5.12. The molecule has 2 atom stereocenters. The Kier molecular flexibility index (Phi) is 4.41. The summed E-state index contributed by atoms with van der Waals surface area (Å²) in [4.78, 5) is 7.71. The molecule has 5 rings (SSSR count). The Morgan fingerprint density at radius 2 is 1.82 bits per heavy atom. The van der Waals surface area contributed by atoms with Gasteiger partial charge in [-0.15, -0.1) is 0 Å². The summed E-state index contributed by atoms with van der Waals surface area (Å²) in [6.07, 6.45) is 5.16. The molecule has 1 aliphatic carbocycles. The van der Waals surface area contributed by atoms with Crippen molar-refractivity contribution < 1.29 is 0 Å². The highest BCUT2D eigenvalue weighted by Gasteiger charge is 2.30. The molecule has 0 amide bonds. The van der Waals surface area contributed by atoms with Crippen molar-refractivity contribution in [3.63, 3.8) is 0 Å². The number of hydrogen-bond donors (Lipinski definition) is 0. The topological polar surface area (TPSA) is 44.9 Å². The number of hydrogen-bond acceptors (Lipinski definition) is 3. The Labute approximate surface area is 166 Å². The molecule has 1 saturated carbocycles. The number of nitrogens with zero attached hydrogens (tertiary/aromatic N) is 4. The van der Waals surface area contributed by atoms with Gasteiger partial charge in [-0.1, -0.05) is 31.5 Å². The Bertz CT molecular complexity index is 1040. The Balaban J connectivity index is 1.42. The van der Waals surface area contributed by atoms with Gasteiger partial charge in [0.05, 0.1) is 22.7 Å². The lowest BCUT2D eigenvalue weighted by Gasteiger charge is -2.30. The van der Waals surface area contributed by atoms with Gasteiger partial charge in [-0.25, -0.2) is 4.98 Å². The van der Waals surface area contributed by atoms with Crippen LogP contribution < -0.4 is 0 Å². The summed E-state index contributed by atoms with van der Waals surface area (Å²) in [5.74, 6) is 2.05. The maximum Gasteiger partial charge on any atom is 0.111 e. The Hall–Kier alpha value is -2.64. The number of nitriles is 1. The lowest BCUT2D eigenvalue weighted by molar-refractivity contribution is 0.170. The maximum absolute atomic E-state index is 8.99. The van der Waals surface area contributed by atoms with Crippen molar-refractivity contribution in [2.75, 3.05) is 13.1 Å². The van der Waals surface area contributed by atoms with Crippen molar-refractivity contribution in [2.45, 2.75) is 45.2 Å². The largest absolute Gasteiger partial charge is 0.327 e. The van der Waals surface area contributed by atoms with Gasteiger partial charge >= 0.3 is 0 Å². The highest BCUT2D eigenvalue weighted by Crippen LogP contribution is 2.31. The average Bonchev–Trinajstić information content (AvgIpc) is 3.25. The lowest BCUT2D eigenvalue weighted by atomic mass is 10.0. The van der Waals surface area contributed by atoms with E-state index in [0.717, 1.165) is 54.7 Å². The number of imidazole rings is 1. The fraction of sp³-hybridized carbons (Fsp3) is 0.417. The van der Waals surface area contributed by atoms with Crippen LogP contribution in [-0.2, 0) is 13.0 Å². The van der Waals surface area contributed by atoms with E-state index in [1.165, 1.54) is 30.6 Å². The van der Waals surface area contributed by atoms with Crippen molar-refractivity contribution in [3.05, 3.63) is 53.9 Å². The normalized spacial score (nSPS) is 22.7. The predicted molar refractivity (Wildman–Crippen MR) is 112 cm³/mol. The molecule has 4 heteroatoms. The van der Waals surface area contributed by atoms with E-state index in [9.17, 15) is 0 Å². The SMILES string of the molecule is CC1CCCC1N1CCc2nc3cc(-c4ccc(C#N)cc4)ccc3n2CC1. The molecule has 4 nitrogen and oxygen atoms in total. The van der Waals surface area contributed by atoms with Crippen LogP contribution in [0.5, 0.6) is 0 Å². The van der Waals surface area contributed by atoms with Crippen molar-refractivity contribution >= 4 is 11.0 Å². The van der Waals surface area contributed by atoms with Gasteiger partial charge < -0.3 is 4.57 Å². The van der Waals surface area contributed by atoms with Gasteiger partial charge in [0.1, 0.15) is 5.82 Å². The van der Waals surface area contributed by atoms with Gasteiger partial charge in [0, 0.05) is 32.1 Å². The van der Waals surface area contributed by atoms with E-state index >= 15 is 0 Å². The number of fused-ring (bicyclic) bond motifs is 3. The molecule has 1 fully saturated rings. The molecule has 2 unspecified atom stereocenters. The standard InChI is InChI=1S/C24H26N4/c1-17-3-2-4-22(17)27-12-11-24-26-21-15-20(9-10-23(21)28(24)14-13-27)19-7-5-18(16-25)6-8-19/h5-10,15,17,22H,2-4,11-14H2,1H3. The van der Waals surface area contributed by atoms with E-state index in [-0.39, 0.29) is 0 Å². The minimum absolute atomic E-state index is 0.694. The molecule has 0 saturated heterocycles. The van der Waals surface area contributed by atoms with Crippen LogP contribution in [0.25, 0.3) is 22.2 Å². The summed E-state index contributed by atoms with van der Waals surface area (Å²) >= 11 is 0. The summed E-state index contributed by atoms with van der Waals surface area (Å²) in [6.45, 7) is 5.71. The molecule has 0 radical (unpaired) electrons. The third-order valence-corrected chi connectivity index (χ3v) is 6.69. The number of benzene rings is 2. The van der Waals surface area contributed by atoms with Gasteiger partial charge in [-0.05, 0) is 54.2 Å². The van der Waals surface area contributed by atoms with E-state index in [4.69, 9.17) is 10.2 Å². The minimum atomic E-state index is 0.694. The van der Waals surface area contributed by atoms with Gasteiger partial charge in [-0.2, -0.15) is 5.26 Å². The molecular weight excluding hydrogens is 344 g/mol. The lowest BCUT2D eigenvalue weighted by Crippen LogP contribution is -2.39. The first-order valence-electron chi connectivity index (χ1n) is 10.5. The van der Waals surface area contributed by atoms with Gasteiger partial charge in [-0.3, -0.25) is 4.90 Å². The van der Waals surface area contributed by atoms with Crippen molar-refractivity contribution in [1.82, 2.24) is 14.5 Å². The first-order chi connectivity index (χ1) is 13.7. The second-order valence-corrected chi connectivity index (χ2v) is 8.33. The van der Waals surface area contributed by atoms with Crippen LogP contribution in [0.2, 0.25) is 0 Å². The molecule has 1 aliphatic heterocycles. The first-order valence-corrected chi connectivity index (χ1v) is 10.5. The van der Waals surface area contributed by atoms with Crippen LogP contribution in [0.1, 0.15) is 37.6 Å². The van der Waals surface area contributed by atoms with Crippen LogP contribution in [0.4, 0.5) is 0 Å². The summed E-state index contributed by atoms with van der Waals surface area (Å²) < 4.78 is 2.43.